The van der Waals surface area contributed by atoms with Crippen molar-refractivity contribution in [2.75, 3.05) is 0 Å². The van der Waals surface area contributed by atoms with Crippen molar-refractivity contribution < 1.29 is 9.18 Å². The molecule has 0 aliphatic rings. The molecule has 1 heterocycles. The number of carbonyl (C=O) groups is 1. The fourth-order valence-corrected chi connectivity index (χ4v) is 4.32. The molecule has 0 radical (unpaired) electrons. The summed E-state index contributed by atoms with van der Waals surface area (Å²) in [5.41, 5.74) is 3.47. The first-order valence-electron chi connectivity index (χ1n) is 12.1. The maximum absolute atomic E-state index is 15.2. The highest BCUT2D eigenvalue weighted by atomic mass is 31.0. The Bertz CT molecular complexity index is 1190. The van der Waals surface area contributed by atoms with E-state index in [1.807, 2.05) is 32.0 Å². The Morgan fingerprint density at radius 3 is 2.47 bits per heavy atom. The van der Waals surface area contributed by atoms with Gasteiger partial charge in [-0.1, -0.05) is 65.0 Å². The summed E-state index contributed by atoms with van der Waals surface area (Å²) >= 11 is 0. The number of halogens is 1. The Balaban J connectivity index is 1.95. The fraction of sp³-hybridized carbons (Fsp3) is 0.393. The van der Waals surface area contributed by atoms with E-state index in [-0.39, 0.29) is 17.5 Å². The number of carbonyl (C=O) groups excluding carboxylic acids is 1. The van der Waals surface area contributed by atoms with Crippen molar-refractivity contribution in [3.63, 3.8) is 0 Å². The largest absolute Gasteiger partial charge is 0.292 e. The Morgan fingerprint density at radius 2 is 1.82 bits per heavy atom. The molecule has 2 aromatic carbocycles. The first-order chi connectivity index (χ1) is 16.3. The van der Waals surface area contributed by atoms with E-state index in [0.717, 1.165) is 35.7 Å². The molecule has 0 amide bonds. The summed E-state index contributed by atoms with van der Waals surface area (Å²) in [6.07, 6.45) is 7.04. The van der Waals surface area contributed by atoms with Gasteiger partial charge in [-0.3, -0.25) is 4.79 Å². The van der Waals surface area contributed by atoms with E-state index in [1.165, 1.54) is 30.0 Å². The average Bonchev–Trinajstić information content (AvgIpc) is 3.26. The van der Waals surface area contributed by atoms with Crippen LogP contribution in [0, 0.1) is 17.1 Å². The monoisotopic (exact) mass is 477 g/mol. The zero-order valence-electron chi connectivity index (χ0n) is 20.3. The van der Waals surface area contributed by atoms with Crippen molar-refractivity contribution in [1.29, 1.82) is 5.26 Å². The zero-order valence-corrected chi connectivity index (χ0v) is 21.4. The van der Waals surface area contributed by atoms with Gasteiger partial charge in [0.05, 0.1) is 17.3 Å². The molecule has 0 aliphatic carbocycles. The van der Waals surface area contributed by atoms with Gasteiger partial charge in [-0.2, -0.15) is 10.4 Å². The van der Waals surface area contributed by atoms with Gasteiger partial charge in [-0.05, 0) is 53.5 Å². The van der Waals surface area contributed by atoms with Gasteiger partial charge in [0.2, 0.25) is 0 Å². The van der Waals surface area contributed by atoms with Gasteiger partial charge in [0.1, 0.15) is 17.2 Å². The normalized spacial score (nSPS) is 11.1. The van der Waals surface area contributed by atoms with Crippen molar-refractivity contribution in [1.82, 2.24) is 9.78 Å². The molecule has 0 spiro atoms. The van der Waals surface area contributed by atoms with E-state index in [4.69, 9.17) is 0 Å². The smallest absolute Gasteiger partial charge is 0.183 e. The number of rotatable bonds is 11. The second-order valence-electron chi connectivity index (χ2n) is 9.05. The molecule has 178 valence electrons. The van der Waals surface area contributed by atoms with Crippen LogP contribution in [0.2, 0.25) is 0 Å². The van der Waals surface area contributed by atoms with Gasteiger partial charge in [-0.25, -0.2) is 9.07 Å². The van der Waals surface area contributed by atoms with Crippen LogP contribution in [0.1, 0.15) is 93.3 Å². The SMILES string of the molecule is CCCCCCCCC(=O)c1cc(-c2ccc(C#N)c(P)c2)n(-c2ccc(C(C)C)cc2F)n1. The summed E-state index contributed by atoms with van der Waals surface area (Å²) in [5.74, 6) is -0.215. The van der Waals surface area contributed by atoms with Crippen molar-refractivity contribution in [2.24, 2.45) is 0 Å². The van der Waals surface area contributed by atoms with Crippen LogP contribution in [-0.2, 0) is 0 Å². The number of nitrogens with zero attached hydrogens (tertiary/aromatic N) is 3. The molecule has 3 aromatic rings. The maximum Gasteiger partial charge on any atom is 0.183 e. The van der Waals surface area contributed by atoms with Crippen LogP contribution >= 0.6 is 9.24 Å². The van der Waals surface area contributed by atoms with Gasteiger partial charge in [0.25, 0.3) is 0 Å². The first kappa shape index (κ1) is 25.8. The van der Waals surface area contributed by atoms with E-state index in [1.54, 1.807) is 18.2 Å². The second-order valence-corrected chi connectivity index (χ2v) is 9.67. The number of aromatic nitrogens is 2. The molecule has 6 heteroatoms. The van der Waals surface area contributed by atoms with Gasteiger partial charge in [-0.15, -0.1) is 9.24 Å². The first-order valence-corrected chi connectivity index (χ1v) is 12.7. The highest BCUT2D eigenvalue weighted by Gasteiger charge is 2.19. The molecule has 0 saturated carbocycles. The minimum Gasteiger partial charge on any atom is -0.292 e. The topological polar surface area (TPSA) is 58.7 Å². The van der Waals surface area contributed by atoms with Crippen molar-refractivity contribution in [3.05, 3.63) is 65.1 Å². The van der Waals surface area contributed by atoms with Crippen molar-refractivity contribution in [2.45, 2.75) is 71.6 Å². The molecule has 1 aromatic heterocycles. The lowest BCUT2D eigenvalue weighted by Gasteiger charge is -2.12. The second kappa shape index (κ2) is 12.0. The van der Waals surface area contributed by atoms with E-state index >= 15 is 4.39 Å². The lowest BCUT2D eigenvalue weighted by Crippen LogP contribution is -2.06. The van der Waals surface area contributed by atoms with E-state index in [9.17, 15) is 10.1 Å². The summed E-state index contributed by atoms with van der Waals surface area (Å²) in [6.45, 7) is 6.22. The number of ketones is 1. The number of hydrogen-bond acceptors (Lipinski definition) is 3. The van der Waals surface area contributed by atoms with Gasteiger partial charge < -0.3 is 0 Å². The number of hydrogen-bond donors (Lipinski definition) is 0. The van der Waals surface area contributed by atoms with Crippen molar-refractivity contribution >= 4 is 20.3 Å². The summed E-state index contributed by atoms with van der Waals surface area (Å²) in [7, 11) is 2.56. The van der Waals surface area contributed by atoms with Gasteiger partial charge in [0, 0.05) is 12.0 Å². The molecule has 4 nitrogen and oxygen atoms in total. The zero-order chi connectivity index (χ0) is 24.7. The molecule has 34 heavy (non-hydrogen) atoms. The fourth-order valence-electron chi connectivity index (χ4n) is 3.98. The van der Waals surface area contributed by atoms with Crippen LogP contribution in [0.25, 0.3) is 16.9 Å². The predicted molar refractivity (Wildman–Crippen MR) is 139 cm³/mol. The van der Waals surface area contributed by atoms with Crippen LogP contribution in [0.5, 0.6) is 0 Å². The molecule has 0 fully saturated rings. The predicted octanol–water partition coefficient (Wildman–Crippen LogP) is 7.11. The lowest BCUT2D eigenvalue weighted by atomic mass is 10.0. The molecule has 0 N–H and O–H groups in total. The quantitative estimate of drug-likeness (QED) is 0.168. The Morgan fingerprint density at radius 1 is 1.09 bits per heavy atom. The minimum absolute atomic E-state index is 0.0329. The molecule has 0 aliphatic heterocycles. The lowest BCUT2D eigenvalue weighted by molar-refractivity contribution is 0.0974. The Labute approximate surface area is 204 Å². The van der Waals surface area contributed by atoms with E-state index in [2.05, 4.69) is 27.3 Å². The molecule has 0 bridgehead atoms. The standard InChI is InChI=1S/C28H33FN3OP/c1-4-5-6-7-8-9-10-27(33)24-17-26(21-11-12-22(18-30)28(34)16-21)32(31-24)25-14-13-20(19(2)3)15-23(25)29/h11-17,19H,4-10,34H2,1-3H3. The van der Waals surface area contributed by atoms with E-state index < -0.39 is 0 Å². The molecule has 1 unspecified atom stereocenters. The van der Waals surface area contributed by atoms with Crippen LogP contribution in [-0.4, -0.2) is 15.6 Å². The number of nitriles is 1. The number of benzene rings is 2. The van der Waals surface area contributed by atoms with Gasteiger partial charge >= 0.3 is 0 Å². The van der Waals surface area contributed by atoms with Crippen molar-refractivity contribution in [3.8, 4) is 23.0 Å². The van der Waals surface area contributed by atoms with Crippen LogP contribution < -0.4 is 5.30 Å². The molecule has 0 saturated heterocycles. The third-order valence-electron chi connectivity index (χ3n) is 6.09. The van der Waals surface area contributed by atoms with E-state index in [0.29, 0.717) is 29.1 Å². The van der Waals surface area contributed by atoms with Crippen LogP contribution in [0.3, 0.4) is 0 Å². The number of unbranched alkanes of at least 4 members (excludes halogenated alkanes) is 5. The summed E-state index contributed by atoms with van der Waals surface area (Å²) in [6, 6.07) is 14.4. The summed E-state index contributed by atoms with van der Waals surface area (Å²) < 4.78 is 16.7. The highest BCUT2D eigenvalue weighted by molar-refractivity contribution is 7.27. The maximum atomic E-state index is 15.2. The van der Waals surface area contributed by atoms with Crippen LogP contribution in [0.15, 0.2) is 42.5 Å². The average molecular weight is 478 g/mol. The molecule has 1 atom stereocenters. The third-order valence-corrected chi connectivity index (χ3v) is 6.56. The minimum atomic E-state index is -0.384. The Hall–Kier alpha value is -2.83. The molecular formula is C28H33FN3OP. The summed E-state index contributed by atoms with van der Waals surface area (Å²) in [5, 5.41) is 14.6. The molecule has 3 rings (SSSR count). The Kier molecular flexibility index (Phi) is 9.13. The number of Topliss-reactive ketones (excluding diaryl/α,β-unsaturated/α-hetero) is 1. The third kappa shape index (κ3) is 6.19. The summed E-state index contributed by atoms with van der Waals surface area (Å²) in [4.78, 5) is 12.9. The molecular weight excluding hydrogens is 444 g/mol. The highest BCUT2D eigenvalue weighted by Crippen LogP contribution is 2.28. The van der Waals surface area contributed by atoms with Gasteiger partial charge in [0.15, 0.2) is 5.78 Å². The van der Waals surface area contributed by atoms with Crippen LogP contribution in [0.4, 0.5) is 4.39 Å².